The van der Waals surface area contributed by atoms with Crippen molar-refractivity contribution >= 4 is 23.4 Å². The normalized spacial score (nSPS) is 18.6. The van der Waals surface area contributed by atoms with Gasteiger partial charge in [-0.15, -0.1) is 0 Å². The number of nitrogens with zero attached hydrogens (tertiary/aromatic N) is 2. The first-order valence-corrected chi connectivity index (χ1v) is 11.0. The van der Waals surface area contributed by atoms with Crippen molar-refractivity contribution in [3.63, 3.8) is 0 Å². The molecule has 0 aliphatic carbocycles. The number of amides is 2. The van der Waals surface area contributed by atoms with Crippen LogP contribution in [0.15, 0.2) is 48.5 Å². The largest absolute Gasteiger partial charge is 0.491 e. The van der Waals surface area contributed by atoms with Gasteiger partial charge in [0.25, 0.3) is 5.91 Å². The van der Waals surface area contributed by atoms with Gasteiger partial charge in [0.2, 0.25) is 5.91 Å². The smallest absolute Gasteiger partial charge is 0.253 e. The predicted octanol–water partition coefficient (Wildman–Crippen LogP) is 4.19. The zero-order valence-electron chi connectivity index (χ0n) is 17.1. The van der Waals surface area contributed by atoms with Gasteiger partial charge in [-0.1, -0.05) is 23.7 Å². The first kappa shape index (κ1) is 20.7. The van der Waals surface area contributed by atoms with E-state index in [1.165, 1.54) is 0 Å². The molecule has 30 heavy (non-hydrogen) atoms. The highest BCUT2D eigenvalue weighted by molar-refractivity contribution is 6.30. The van der Waals surface area contributed by atoms with Crippen molar-refractivity contribution in [1.29, 1.82) is 0 Å². The van der Waals surface area contributed by atoms with Gasteiger partial charge in [0.1, 0.15) is 12.4 Å². The van der Waals surface area contributed by atoms with Gasteiger partial charge in [0.15, 0.2) is 0 Å². The van der Waals surface area contributed by atoms with Gasteiger partial charge in [-0.25, -0.2) is 0 Å². The minimum absolute atomic E-state index is 0.0794. The van der Waals surface area contributed by atoms with Gasteiger partial charge in [-0.2, -0.15) is 0 Å². The predicted molar refractivity (Wildman–Crippen MR) is 117 cm³/mol. The average molecular weight is 427 g/mol. The molecule has 4 rings (SSSR count). The first-order valence-electron chi connectivity index (χ1n) is 10.7. The summed E-state index contributed by atoms with van der Waals surface area (Å²) in [6, 6.07) is 14.8. The minimum Gasteiger partial charge on any atom is -0.491 e. The Balaban J connectivity index is 1.30. The standard InChI is InChI=1S/C24H27ClN2O3/c25-20-9-5-18(6-10-20)16-23(28)27-15-3-4-21(27)17-30-22-11-7-19(8-12-22)24(29)26-13-1-2-14-26/h5-12,21H,1-4,13-17H2/t21-/m0/s1. The SMILES string of the molecule is O=C(c1ccc(OC[C@@H]2CCCN2C(=O)Cc2ccc(Cl)cc2)cc1)N1CCCC1. The molecule has 158 valence electrons. The molecule has 2 saturated heterocycles. The highest BCUT2D eigenvalue weighted by atomic mass is 35.5. The van der Waals surface area contributed by atoms with E-state index in [0.717, 1.165) is 56.6 Å². The van der Waals surface area contributed by atoms with Crippen LogP contribution in [-0.2, 0) is 11.2 Å². The molecule has 0 N–H and O–H groups in total. The molecular weight excluding hydrogens is 400 g/mol. The summed E-state index contributed by atoms with van der Waals surface area (Å²) >= 11 is 5.93. The summed E-state index contributed by atoms with van der Waals surface area (Å²) in [5, 5.41) is 0.673. The second-order valence-corrected chi connectivity index (χ2v) is 8.46. The lowest BCUT2D eigenvalue weighted by Crippen LogP contribution is -2.39. The molecule has 0 aromatic heterocycles. The quantitative estimate of drug-likeness (QED) is 0.696. The Morgan fingerprint density at radius 2 is 1.63 bits per heavy atom. The Bertz CT molecular complexity index is 876. The van der Waals surface area contributed by atoms with Crippen molar-refractivity contribution in [2.75, 3.05) is 26.2 Å². The maximum atomic E-state index is 12.8. The number of rotatable bonds is 6. The fourth-order valence-electron chi connectivity index (χ4n) is 4.20. The van der Waals surface area contributed by atoms with Crippen LogP contribution in [0.5, 0.6) is 5.75 Å². The highest BCUT2D eigenvalue weighted by Gasteiger charge is 2.29. The number of benzene rings is 2. The highest BCUT2D eigenvalue weighted by Crippen LogP contribution is 2.22. The van der Waals surface area contributed by atoms with Gasteiger partial charge in [0.05, 0.1) is 12.5 Å². The lowest BCUT2D eigenvalue weighted by Gasteiger charge is -2.25. The number of carbonyl (C=O) groups excluding carboxylic acids is 2. The number of hydrogen-bond donors (Lipinski definition) is 0. The third-order valence-electron chi connectivity index (χ3n) is 5.90. The van der Waals surface area contributed by atoms with Crippen LogP contribution >= 0.6 is 11.6 Å². The van der Waals surface area contributed by atoms with Crippen LogP contribution in [0.2, 0.25) is 5.02 Å². The number of halogens is 1. The summed E-state index contributed by atoms with van der Waals surface area (Å²) in [5.41, 5.74) is 1.67. The van der Waals surface area contributed by atoms with Crippen LogP contribution in [0.1, 0.15) is 41.6 Å². The van der Waals surface area contributed by atoms with E-state index in [0.29, 0.717) is 23.6 Å². The van der Waals surface area contributed by atoms with Crippen molar-refractivity contribution in [3.05, 3.63) is 64.7 Å². The third kappa shape index (κ3) is 4.96. The molecule has 2 aliphatic heterocycles. The van der Waals surface area contributed by atoms with E-state index >= 15 is 0 Å². The lowest BCUT2D eigenvalue weighted by molar-refractivity contribution is -0.131. The van der Waals surface area contributed by atoms with Crippen LogP contribution in [-0.4, -0.2) is 53.9 Å². The molecule has 6 heteroatoms. The Kier molecular flexibility index (Phi) is 6.58. The number of likely N-dealkylation sites (tertiary alicyclic amines) is 2. The van der Waals surface area contributed by atoms with E-state index in [1.807, 2.05) is 58.3 Å². The molecule has 2 aliphatic rings. The monoisotopic (exact) mass is 426 g/mol. The molecule has 0 unspecified atom stereocenters. The van der Waals surface area contributed by atoms with E-state index in [1.54, 1.807) is 0 Å². The zero-order chi connectivity index (χ0) is 20.9. The summed E-state index contributed by atoms with van der Waals surface area (Å²) in [5.74, 6) is 0.939. The van der Waals surface area contributed by atoms with Crippen molar-refractivity contribution in [2.24, 2.45) is 0 Å². The van der Waals surface area contributed by atoms with E-state index in [4.69, 9.17) is 16.3 Å². The molecule has 0 radical (unpaired) electrons. The van der Waals surface area contributed by atoms with Crippen molar-refractivity contribution in [1.82, 2.24) is 9.80 Å². The third-order valence-corrected chi connectivity index (χ3v) is 6.15. The van der Waals surface area contributed by atoms with E-state index in [9.17, 15) is 9.59 Å². The van der Waals surface area contributed by atoms with Crippen molar-refractivity contribution in [3.8, 4) is 5.75 Å². The van der Waals surface area contributed by atoms with Gasteiger partial charge < -0.3 is 14.5 Å². The Morgan fingerprint density at radius 3 is 2.33 bits per heavy atom. The molecule has 2 heterocycles. The van der Waals surface area contributed by atoms with Gasteiger partial charge >= 0.3 is 0 Å². The van der Waals surface area contributed by atoms with Crippen LogP contribution in [0.4, 0.5) is 0 Å². The second kappa shape index (κ2) is 9.52. The van der Waals surface area contributed by atoms with E-state index in [2.05, 4.69) is 0 Å². The van der Waals surface area contributed by atoms with Crippen LogP contribution in [0.3, 0.4) is 0 Å². The fraction of sp³-hybridized carbons (Fsp3) is 0.417. The topological polar surface area (TPSA) is 49.9 Å². The maximum Gasteiger partial charge on any atom is 0.253 e. The molecule has 0 spiro atoms. The summed E-state index contributed by atoms with van der Waals surface area (Å²) in [4.78, 5) is 29.0. The first-order chi connectivity index (χ1) is 14.6. The number of hydrogen-bond acceptors (Lipinski definition) is 3. The Hall–Kier alpha value is -2.53. The van der Waals surface area contributed by atoms with Gasteiger partial charge in [-0.3, -0.25) is 9.59 Å². The van der Waals surface area contributed by atoms with Crippen LogP contribution < -0.4 is 4.74 Å². The summed E-state index contributed by atoms with van der Waals surface area (Å²) in [6.45, 7) is 2.92. The fourth-order valence-corrected chi connectivity index (χ4v) is 4.33. The molecule has 5 nitrogen and oxygen atoms in total. The van der Waals surface area contributed by atoms with Crippen LogP contribution in [0, 0.1) is 0 Å². The zero-order valence-corrected chi connectivity index (χ0v) is 17.8. The molecule has 2 aromatic carbocycles. The molecule has 2 aromatic rings. The average Bonchev–Trinajstić information content (AvgIpc) is 3.46. The Labute approximate surface area is 182 Å². The number of carbonyl (C=O) groups is 2. The number of ether oxygens (including phenoxy) is 1. The Morgan fingerprint density at radius 1 is 0.933 bits per heavy atom. The summed E-state index contributed by atoms with van der Waals surface area (Å²) in [6.07, 6.45) is 4.48. The van der Waals surface area contributed by atoms with Gasteiger partial charge in [-0.05, 0) is 67.6 Å². The molecule has 2 fully saturated rings. The lowest BCUT2D eigenvalue weighted by atomic mass is 10.1. The van der Waals surface area contributed by atoms with E-state index < -0.39 is 0 Å². The summed E-state index contributed by atoms with van der Waals surface area (Å²) < 4.78 is 5.96. The molecule has 0 saturated carbocycles. The van der Waals surface area contributed by atoms with Crippen molar-refractivity contribution in [2.45, 2.75) is 38.1 Å². The molecule has 1 atom stereocenters. The molecular formula is C24H27ClN2O3. The maximum absolute atomic E-state index is 12.8. The van der Waals surface area contributed by atoms with Gasteiger partial charge in [0, 0.05) is 30.2 Å². The molecule has 0 bridgehead atoms. The minimum atomic E-state index is 0.0794. The summed E-state index contributed by atoms with van der Waals surface area (Å²) in [7, 11) is 0. The van der Waals surface area contributed by atoms with Crippen molar-refractivity contribution < 1.29 is 14.3 Å². The molecule has 2 amide bonds. The second-order valence-electron chi connectivity index (χ2n) is 8.02. The van der Waals surface area contributed by atoms with Crippen LogP contribution in [0.25, 0.3) is 0 Å². The van der Waals surface area contributed by atoms with E-state index in [-0.39, 0.29) is 17.9 Å².